The standard InChI is InChI=1S/C11H15ClN2O2/c1-2-8(7-15)13-11(16)14-10-6-4-3-5-9(10)12/h3-6,8,15H,2,7H2,1H3,(H2,13,14,16)/t8-/m1/s1. The van der Waals surface area contributed by atoms with Crippen molar-refractivity contribution < 1.29 is 9.90 Å². The number of hydrogen-bond donors (Lipinski definition) is 3. The van der Waals surface area contributed by atoms with Gasteiger partial charge in [-0.05, 0) is 18.6 Å². The summed E-state index contributed by atoms with van der Waals surface area (Å²) in [5, 5.41) is 14.7. The molecule has 0 aliphatic carbocycles. The van der Waals surface area contributed by atoms with Crippen LogP contribution in [0, 0.1) is 0 Å². The van der Waals surface area contributed by atoms with Crippen LogP contribution >= 0.6 is 11.6 Å². The van der Waals surface area contributed by atoms with Crippen molar-refractivity contribution in [3.63, 3.8) is 0 Å². The Balaban J connectivity index is 2.55. The highest BCUT2D eigenvalue weighted by atomic mass is 35.5. The second-order valence-corrected chi connectivity index (χ2v) is 3.77. The van der Waals surface area contributed by atoms with Crippen LogP contribution in [-0.2, 0) is 0 Å². The Morgan fingerprint density at radius 1 is 1.50 bits per heavy atom. The predicted molar refractivity (Wildman–Crippen MR) is 64.8 cm³/mol. The average molecular weight is 243 g/mol. The number of aliphatic hydroxyl groups is 1. The molecule has 1 aromatic rings. The van der Waals surface area contributed by atoms with Gasteiger partial charge in [0.05, 0.1) is 23.4 Å². The van der Waals surface area contributed by atoms with Crippen LogP contribution in [0.3, 0.4) is 0 Å². The van der Waals surface area contributed by atoms with Crippen molar-refractivity contribution in [1.29, 1.82) is 0 Å². The molecular formula is C11H15ClN2O2. The minimum absolute atomic E-state index is 0.0769. The van der Waals surface area contributed by atoms with E-state index in [2.05, 4.69) is 10.6 Å². The van der Waals surface area contributed by atoms with E-state index in [1.807, 2.05) is 6.92 Å². The summed E-state index contributed by atoms with van der Waals surface area (Å²) in [6.07, 6.45) is 0.673. The molecule has 0 saturated heterocycles. The average Bonchev–Trinajstić information content (AvgIpc) is 2.29. The van der Waals surface area contributed by atoms with Crippen molar-refractivity contribution in [3.05, 3.63) is 29.3 Å². The molecular weight excluding hydrogens is 228 g/mol. The second kappa shape index (κ2) is 6.35. The van der Waals surface area contributed by atoms with Crippen LogP contribution in [0.4, 0.5) is 10.5 Å². The molecule has 0 heterocycles. The highest BCUT2D eigenvalue weighted by molar-refractivity contribution is 6.33. The lowest BCUT2D eigenvalue weighted by molar-refractivity contribution is 0.222. The summed E-state index contributed by atoms with van der Waals surface area (Å²) in [6.45, 7) is 1.81. The first-order valence-electron chi connectivity index (χ1n) is 5.10. The van der Waals surface area contributed by atoms with Crippen LogP contribution in [-0.4, -0.2) is 23.8 Å². The first kappa shape index (κ1) is 12.8. The number of aliphatic hydroxyl groups excluding tert-OH is 1. The van der Waals surface area contributed by atoms with Crippen molar-refractivity contribution in [3.8, 4) is 0 Å². The number of carbonyl (C=O) groups is 1. The van der Waals surface area contributed by atoms with Gasteiger partial charge < -0.3 is 15.7 Å². The summed E-state index contributed by atoms with van der Waals surface area (Å²) in [5.41, 5.74) is 0.550. The van der Waals surface area contributed by atoms with Gasteiger partial charge in [-0.3, -0.25) is 0 Å². The van der Waals surface area contributed by atoms with E-state index in [1.165, 1.54) is 0 Å². The lowest BCUT2D eigenvalue weighted by atomic mass is 10.2. The third-order valence-electron chi connectivity index (χ3n) is 2.17. The number of nitrogens with one attached hydrogen (secondary N) is 2. The van der Waals surface area contributed by atoms with E-state index in [0.717, 1.165) is 0 Å². The molecule has 88 valence electrons. The zero-order valence-corrected chi connectivity index (χ0v) is 9.79. The van der Waals surface area contributed by atoms with Gasteiger partial charge in [-0.2, -0.15) is 0 Å². The quantitative estimate of drug-likeness (QED) is 0.758. The molecule has 0 bridgehead atoms. The Hall–Kier alpha value is -1.26. The molecule has 1 atom stereocenters. The van der Waals surface area contributed by atoms with Crippen LogP contribution in [0.25, 0.3) is 0 Å². The Bertz CT molecular complexity index is 354. The maximum Gasteiger partial charge on any atom is 0.319 e. The first-order valence-corrected chi connectivity index (χ1v) is 5.48. The zero-order valence-electron chi connectivity index (χ0n) is 9.03. The monoisotopic (exact) mass is 242 g/mol. The number of hydrogen-bond acceptors (Lipinski definition) is 2. The summed E-state index contributed by atoms with van der Waals surface area (Å²) in [6, 6.07) is 6.37. The van der Waals surface area contributed by atoms with E-state index in [9.17, 15) is 4.79 Å². The Morgan fingerprint density at radius 2 is 2.19 bits per heavy atom. The number of benzene rings is 1. The molecule has 1 rings (SSSR count). The van der Waals surface area contributed by atoms with Gasteiger partial charge in [0.2, 0.25) is 0 Å². The molecule has 2 amide bonds. The van der Waals surface area contributed by atoms with Gasteiger partial charge in [-0.25, -0.2) is 4.79 Å². The molecule has 1 aromatic carbocycles. The van der Waals surface area contributed by atoms with Gasteiger partial charge in [-0.15, -0.1) is 0 Å². The van der Waals surface area contributed by atoms with Crippen molar-refractivity contribution in [2.24, 2.45) is 0 Å². The summed E-state index contributed by atoms with van der Waals surface area (Å²) >= 11 is 5.88. The number of amides is 2. The smallest absolute Gasteiger partial charge is 0.319 e. The van der Waals surface area contributed by atoms with E-state index in [0.29, 0.717) is 17.1 Å². The molecule has 0 saturated carbocycles. The van der Waals surface area contributed by atoms with Crippen molar-refractivity contribution in [2.45, 2.75) is 19.4 Å². The van der Waals surface area contributed by atoms with Crippen LogP contribution < -0.4 is 10.6 Å². The first-order chi connectivity index (χ1) is 7.67. The van der Waals surface area contributed by atoms with Gasteiger partial charge >= 0.3 is 6.03 Å². The van der Waals surface area contributed by atoms with Gasteiger partial charge in [0.15, 0.2) is 0 Å². The molecule has 16 heavy (non-hydrogen) atoms. The number of carbonyl (C=O) groups excluding carboxylic acids is 1. The fourth-order valence-corrected chi connectivity index (χ4v) is 1.37. The molecule has 0 aliphatic heterocycles. The highest BCUT2D eigenvalue weighted by Gasteiger charge is 2.09. The molecule has 3 N–H and O–H groups in total. The van der Waals surface area contributed by atoms with Crippen molar-refractivity contribution >= 4 is 23.3 Å². The lowest BCUT2D eigenvalue weighted by Crippen LogP contribution is -2.39. The summed E-state index contributed by atoms with van der Waals surface area (Å²) in [4.78, 5) is 11.5. The zero-order chi connectivity index (χ0) is 12.0. The number of urea groups is 1. The minimum Gasteiger partial charge on any atom is -0.394 e. The summed E-state index contributed by atoms with van der Waals surface area (Å²) in [5.74, 6) is 0. The van der Waals surface area contributed by atoms with E-state index in [1.54, 1.807) is 24.3 Å². The van der Waals surface area contributed by atoms with Gasteiger partial charge in [0.25, 0.3) is 0 Å². The topological polar surface area (TPSA) is 61.4 Å². The molecule has 0 radical (unpaired) electrons. The SMILES string of the molecule is CC[C@H](CO)NC(=O)Nc1ccccc1Cl. The molecule has 0 unspecified atom stereocenters. The number of para-hydroxylation sites is 1. The molecule has 0 fully saturated rings. The van der Waals surface area contributed by atoms with E-state index >= 15 is 0 Å². The van der Waals surface area contributed by atoms with E-state index < -0.39 is 0 Å². The maximum atomic E-state index is 11.5. The Morgan fingerprint density at radius 3 is 2.75 bits per heavy atom. The molecule has 0 aliphatic rings. The highest BCUT2D eigenvalue weighted by Crippen LogP contribution is 2.20. The van der Waals surface area contributed by atoms with Gasteiger partial charge in [-0.1, -0.05) is 30.7 Å². The third-order valence-corrected chi connectivity index (χ3v) is 2.50. The largest absolute Gasteiger partial charge is 0.394 e. The maximum absolute atomic E-state index is 11.5. The third kappa shape index (κ3) is 3.72. The van der Waals surface area contributed by atoms with Crippen molar-refractivity contribution in [2.75, 3.05) is 11.9 Å². The fraction of sp³-hybridized carbons (Fsp3) is 0.364. The van der Waals surface area contributed by atoms with E-state index in [4.69, 9.17) is 16.7 Å². The van der Waals surface area contributed by atoms with Crippen LogP contribution in [0.15, 0.2) is 24.3 Å². The molecule has 0 spiro atoms. The summed E-state index contributed by atoms with van der Waals surface area (Å²) in [7, 11) is 0. The Kier molecular flexibility index (Phi) is 5.08. The fourth-order valence-electron chi connectivity index (χ4n) is 1.18. The molecule has 4 nitrogen and oxygen atoms in total. The second-order valence-electron chi connectivity index (χ2n) is 3.37. The van der Waals surface area contributed by atoms with Crippen LogP contribution in [0.5, 0.6) is 0 Å². The predicted octanol–water partition coefficient (Wildman–Crippen LogP) is 2.23. The molecule has 0 aromatic heterocycles. The normalized spacial score (nSPS) is 11.9. The number of halogens is 1. The minimum atomic E-state index is -0.367. The van der Waals surface area contributed by atoms with Gasteiger partial charge in [0.1, 0.15) is 0 Å². The van der Waals surface area contributed by atoms with Crippen LogP contribution in [0.1, 0.15) is 13.3 Å². The number of anilines is 1. The Labute approximate surface area is 99.6 Å². The van der Waals surface area contributed by atoms with Gasteiger partial charge in [0, 0.05) is 0 Å². The van der Waals surface area contributed by atoms with Crippen molar-refractivity contribution in [1.82, 2.24) is 5.32 Å². The lowest BCUT2D eigenvalue weighted by Gasteiger charge is -2.15. The summed E-state index contributed by atoms with van der Waals surface area (Å²) < 4.78 is 0. The molecule has 5 heteroatoms. The number of rotatable bonds is 4. The van der Waals surface area contributed by atoms with E-state index in [-0.39, 0.29) is 18.7 Å². The van der Waals surface area contributed by atoms with Crippen LogP contribution in [0.2, 0.25) is 5.02 Å².